The molecule has 1 heterocycles. The summed E-state index contributed by atoms with van der Waals surface area (Å²) in [6.45, 7) is 1.44. The van der Waals surface area contributed by atoms with E-state index in [1.54, 1.807) is 0 Å². The third-order valence-corrected chi connectivity index (χ3v) is 3.08. The molecule has 20 heavy (non-hydrogen) atoms. The van der Waals surface area contributed by atoms with Crippen molar-refractivity contribution in [2.45, 2.75) is 6.92 Å². The first-order chi connectivity index (χ1) is 9.31. The highest BCUT2D eigenvalue weighted by Crippen LogP contribution is 2.26. The first kappa shape index (κ1) is 14.5. The first-order valence-corrected chi connectivity index (χ1v) is 6.05. The predicted molar refractivity (Wildman–Crippen MR) is 71.5 cm³/mol. The van der Waals surface area contributed by atoms with Gasteiger partial charge in [-0.25, -0.2) is 13.9 Å². The van der Waals surface area contributed by atoms with Gasteiger partial charge in [-0.1, -0.05) is 23.2 Å². The molecule has 1 N–H and O–H groups in total. The van der Waals surface area contributed by atoms with Crippen LogP contribution in [0.5, 0.6) is 0 Å². The molecule has 0 aliphatic rings. The number of halogens is 3. The second-order valence-corrected chi connectivity index (χ2v) is 4.78. The van der Waals surface area contributed by atoms with Crippen LogP contribution in [0, 0.1) is 12.7 Å². The molecule has 0 atom stereocenters. The standard InChI is InChI=1S/C12H7Cl2FN2O3/c1-5-4-17(16-10(11(5)18)12(19)20)6-2-7(13)9(15)8(14)3-6/h2-4H,1H3,(H,19,20). The molecule has 8 heteroatoms. The number of carboxylic acid groups (broad SMARTS) is 1. The van der Waals surface area contributed by atoms with Crippen molar-refractivity contribution in [1.82, 2.24) is 9.78 Å². The molecule has 2 aromatic rings. The minimum atomic E-state index is -1.45. The number of aryl methyl sites for hydroxylation is 1. The lowest BCUT2D eigenvalue weighted by atomic mass is 10.2. The number of aromatic nitrogens is 2. The molecular weight excluding hydrogens is 310 g/mol. The summed E-state index contributed by atoms with van der Waals surface area (Å²) in [5, 5.41) is 12.1. The van der Waals surface area contributed by atoms with Crippen molar-refractivity contribution in [3.05, 3.63) is 55.7 Å². The van der Waals surface area contributed by atoms with Gasteiger partial charge >= 0.3 is 5.97 Å². The lowest BCUT2D eigenvalue weighted by Crippen LogP contribution is -2.23. The molecule has 104 valence electrons. The van der Waals surface area contributed by atoms with Crippen molar-refractivity contribution in [3.63, 3.8) is 0 Å². The molecule has 0 aliphatic heterocycles. The summed E-state index contributed by atoms with van der Waals surface area (Å²) in [6, 6.07) is 2.45. The number of hydrogen-bond donors (Lipinski definition) is 1. The number of aromatic carboxylic acids is 1. The summed E-state index contributed by atoms with van der Waals surface area (Å²) in [5.41, 5.74) is -0.907. The van der Waals surface area contributed by atoms with Gasteiger partial charge in [0.1, 0.15) is 0 Å². The predicted octanol–water partition coefficient (Wildman–Crippen LogP) is 2.69. The van der Waals surface area contributed by atoms with Crippen molar-refractivity contribution in [3.8, 4) is 5.69 Å². The highest BCUT2D eigenvalue weighted by molar-refractivity contribution is 6.35. The van der Waals surface area contributed by atoms with E-state index in [1.807, 2.05) is 0 Å². The number of carbonyl (C=O) groups is 1. The van der Waals surface area contributed by atoms with E-state index in [1.165, 1.54) is 25.3 Å². The Morgan fingerprint density at radius 3 is 2.40 bits per heavy atom. The van der Waals surface area contributed by atoms with Crippen molar-refractivity contribution >= 4 is 29.2 Å². The number of nitrogens with zero attached hydrogens (tertiary/aromatic N) is 2. The van der Waals surface area contributed by atoms with E-state index in [0.717, 1.165) is 4.68 Å². The van der Waals surface area contributed by atoms with Crippen LogP contribution in [0.3, 0.4) is 0 Å². The molecule has 1 aromatic heterocycles. The lowest BCUT2D eigenvalue weighted by molar-refractivity contribution is 0.0686. The van der Waals surface area contributed by atoms with Crippen molar-refractivity contribution in [2.24, 2.45) is 0 Å². The van der Waals surface area contributed by atoms with Gasteiger partial charge in [-0.15, -0.1) is 0 Å². The third-order valence-electron chi connectivity index (χ3n) is 2.53. The van der Waals surface area contributed by atoms with Gasteiger partial charge in [0.25, 0.3) is 0 Å². The maximum absolute atomic E-state index is 13.3. The maximum Gasteiger partial charge on any atom is 0.360 e. The normalized spacial score (nSPS) is 10.6. The second-order valence-electron chi connectivity index (χ2n) is 3.96. The van der Waals surface area contributed by atoms with Crippen LogP contribution < -0.4 is 5.43 Å². The van der Waals surface area contributed by atoms with Gasteiger partial charge in [0.15, 0.2) is 5.82 Å². The maximum atomic E-state index is 13.3. The number of hydrogen-bond acceptors (Lipinski definition) is 3. The van der Waals surface area contributed by atoms with Crippen LogP contribution in [0.25, 0.3) is 5.69 Å². The van der Waals surface area contributed by atoms with Crippen LogP contribution in [0.15, 0.2) is 23.1 Å². The van der Waals surface area contributed by atoms with Crippen molar-refractivity contribution in [1.29, 1.82) is 0 Å². The largest absolute Gasteiger partial charge is 0.476 e. The van der Waals surface area contributed by atoms with Crippen LogP contribution in [-0.4, -0.2) is 20.9 Å². The Morgan fingerprint density at radius 1 is 1.35 bits per heavy atom. The molecule has 0 saturated carbocycles. The zero-order valence-electron chi connectivity index (χ0n) is 10.0. The van der Waals surface area contributed by atoms with Gasteiger partial charge < -0.3 is 5.11 Å². The van der Waals surface area contributed by atoms with E-state index in [9.17, 15) is 14.0 Å². The monoisotopic (exact) mass is 316 g/mol. The molecule has 0 aliphatic carbocycles. The van der Waals surface area contributed by atoms with E-state index < -0.39 is 22.9 Å². The summed E-state index contributed by atoms with van der Waals surface area (Å²) in [6.07, 6.45) is 1.31. The Balaban J connectivity index is 2.71. The average molecular weight is 317 g/mol. The van der Waals surface area contributed by atoms with Crippen LogP contribution in [0.2, 0.25) is 10.0 Å². The fourth-order valence-electron chi connectivity index (χ4n) is 1.56. The van der Waals surface area contributed by atoms with Crippen LogP contribution in [0.1, 0.15) is 16.1 Å². The van der Waals surface area contributed by atoms with Crippen LogP contribution in [0.4, 0.5) is 4.39 Å². The Morgan fingerprint density at radius 2 is 1.90 bits per heavy atom. The van der Waals surface area contributed by atoms with E-state index in [2.05, 4.69) is 5.10 Å². The van der Waals surface area contributed by atoms with E-state index >= 15 is 0 Å². The molecule has 5 nitrogen and oxygen atoms in total. The topological polar surface area (TPSA) is 72.2 Å². The van der Waals surface area contributed by atoms with Gasteiger partial charge in [-0.05, 0) is 19.1 Å². The molecule has 0 unspecified atom stereocenters. The summed E-state index contributed by atoms with van der Waals surface area (Å²) < 4.78 is 14.4. The van der Waals surface area contributed by atoms with Crippen molar-refractivity contribution in [2.75, 3.05) is 0 Å². The van der Waals surface area contributed by atoms with E-state index in [0.29, 0.717) is 0 Å². The SMILES string of the molecule is Cc1cn(-c2cc(Cl)c(F)c(Cl)c2)nc(C(=O)O)c1=O. The molecule has 0 saturated heterocycles. The Kier molecular flexibility index (Phi) is 3.78. The van der Waals surface area contributed by atoms with Gasteiger partial charge in [0.05, 0.1) is 15.7 Å². The Hall–Kier alpha value is -1.92. The first-order valence-electron chi connectivity index (χ1n) is 5.30. The molecule has 0 bridgehead atoms. The zero-order chi connectivity index (χ0) is 15.0. The molecule has 0 spiro atoms. The summed E-state index contributed by atoms with van der Waals surface area (Å²) in [7, 11) is 0. The fraction of sp³-hybridized carbons (Fsp3) is 0.0833. The van der Waals surface area contributed by atoms with E-state index in [4.69, 9.17) is 28.3 Å². The average Bonchev–Trinajstić information content (AvgIpc) is 2.38. The lowest BCUT2D eigenvalue weighted by Gasteiger charge is -2.09. The number of benzene rings is 1. The third kappa shape index (κ3) is 2.52. The van der Waals surface area contributed by atoms with Crippen LogP contribution in [-0.2, 0) is 0 Å². The summed E-state index contributed by atoms with van der Waals surface area (Å²) >= 11 is 11.3. The summed E-state index contributed by atoms with van der Waals surface area (Å²) in [5.74, 6) is -2.24. The van der Waals surface area contributed by atoms with E-state index in [-0.39, 0.29) is 21.3 Å². The smallest absolute Gasteiger partial charge is 0.360 e. The molecular formula is C12H7Cl2FN2O3. The van der Waals surface area contributed by atoms with Gasteiger partial charge in [-0.2, -0.15) is 5.10 Å². The second kappa shape index (κ2) is 5.22. The van der Waals surface area contributed by atoms with Gasteiger partial charge in [0.2, 0.25) is 11.1 Å². The fourth-order valence-corrected chi connectivity index (χ4v) is 2.03. The van der Waals surface area contributed by atoms with Crippen molar-refractivity contribution < 1.29 is 14.3 Å². The number of carboxylic acids is 1. The quantitative estimate of drug-likeness (QED) is 0.865. The molecule has 1 aromatic carbocycles. The number of rotatable bonds is 2. The minimum absolute atomic E-state index is 0.175. The van der Waals surface area contributed by atoms with Gasteiger partial charge in [-0.3, -0.25) is 4.79 Å². The molecule has 0 amide bonds. The molecule has 2 rings (SSSR count). The molecule has 0 radical (unpaired) electrons. The van der Waals surface area contributed by atoms with Gasteiger partial charge in [0, 0.05) is 11.8 Å². The van der Waals surface area contributed by atoms with Crippen LogP contribution >= 0.6 is 23.2 Å². The molecule has 0 fully saturated rings. The highest BCUT2D eigenvalue weighted by atomic mass is 35.5. The Bertz CT molecular complexity index is 751. The zero-order valence-corrected chi connectivity index (χ0v) is 11.5. The highest BCUT2D eigenvalue weighted by Gasteiger charge is 2.15. The Labute approximate surface area is 122 Å². The minimum Gasteiger partial charge on any atom is -0.476 e. The summed E-state index contributed by atoms with van der Waals surface area (Å²) in [4.78, 5) is 22.6.